The van der Waals surface area contributed by atoms with Gasteiger partial charge in [0.25, 0.3) is 5.91 Å². The highest BCUT2D eigenvalue weighted by Gasteiger charge is 2.23. The molecule has 0 fully saturated rings. The minimum atomic E-state index is -0.310. The number of fused-ring (bicyclic) bond motifs is 3. The Kier molecular flexibility index (Phi) is 15.9. The molecule has 15 nitrogen and oxygen atoms in total. The summed E-state index contributed by atoms with van der Waals surface area (Å²) in [4.78, 5) is 27.4. The summed E-state index contributed by atoms with van der Waals surface area (Å²) in [6, 6.07) is 27.2. The number of hydrogen-bond donors (Lipinski definition) is 4. The van der Waals surface area contributed by atoms with E-state index in [9.17, 15) is 14.7 Å². The second-order valence-electron chi connectivity index (χ2n) is 13.8. The molecule has 60 heavy (non-hydrogen) atoms. The van der Waals surface area contributed by atoms with Crippen molar-refractivity contribution in [2.75, 3.05) is 98.2 Å². The van der Waals surface area contributed by atoms with Crippen LogP contribution in [0.25, 0.3) is 33.7 Å². The Morgan fingerprint density at radius 3 is 2.07 bits per heavy atom. The van der Waals surface area contributed by atoms with Crippen LogP contribution in [0.3, 0.4) is 0 Å². The molecule has 0 saturated carbocycles. The monoisotopic (exact) mass is 823 g/mol. The average molecular weight is 824 g/mol. The van der Waals surface area contributed by atoms with E-state index in [0.717, 1.165) is 34.6 Å². The first-order valence-electron chi connectivity index (χ1n) is 19.8. The molecule has 0 bridgehead atoms. The van der Waals surface area contributed by atoms with E-state index in [4.69, 9.17) is 44.4 Å². The Morgan fingerprint density at radius 1 is 0.800 bits per heavy atom. The van der Waals surface area contributed by atoms with Crippen LogP contribution in [0.1, 0.15) is 27.0 Å². The van der Waals surface area contributed by atoms with Gasteiger partial charge in [0.05, 0.1) is 96.5 Å². The number of phenols is 1. The first-order chi connectivity index (χ1) is 29.3. The van der Waals surface area contributed by atoms with Crippen LogP contribution in [0.4, 0.5) is 5.69 Å². The number of carbonyl (C=O) groups excluding carboxylic acids is 1. The first-order valence-corrected chi connectivity index (χ1v) is 19.8. The van der Waals surface area contributed by atoms with Gasteiger partial charge in [-0.05, 0) is 35.9 Å². The lowest BCUT2D eigenvalue weighted by Gasteiger charge is -2.32. The van der Waals surface area contributed by atoms with Crippen molar-refractivity contribution in [3.63, 3.8) is 0 Å². The molecular weight excluding hydrogens is 771 g/mol. The topological polar surface area (TPSA) is 193 Å². The minimum Gasteiger partial charge on any atom is -0.502 e. The Morgan fingerprint density at radius 2 is 1.40 bits per heavy atom. The van der Waals surface area contributed by atoms with E-state index in [1.165, 1.54) is 25.3 Å². The highest BCUT2D eigenvalue weighted by Crippen LogP contribution is 2.36. The lowest BCUT2D eigenvalue weighted by molar-refractivity contribution is -0.0113. The fourth-order valence-electron chi connectivity index (χ4n) is 6.72. The molecule has 1 amide bonds. The molecule has 5 aromatic rings. The predicted molar refractivity (Wildman–Crippen MR) is 229 cm³/mol. The van der Waals surface area contributed by atoms with Crippen LogP contribution in [0.15, 0.2) is 100 Å². The number of amides is 1. The van der Waals surface area contributed by atoms with Crippen molar-refractivity contribution in [3.05, 3.63) is 123 Å². The van der Waals surface area contributed by atoms with Crippen molar-refractivity contribution < 1.29 is 42.7 Å². The van der Waals surface area contributed by atoms with Gasteiger partial charge < -0.3 is 58.9 Å². The third-order valence-electron chi connectivity index (χ3n) is 9.81. The van der Waals surface area contributed by atoms with Gasteiger partial charge in [-0.2, -0.15) is 0 Å². The quantitative estimate of drug-likeness (QED) is 0.0430. The smallest absolute Gasteiger partial charge is 0.251 e. The maximum Gasteiger partial charge on any atom is 0.251 e. The number of benzene rings is 4. The van der Waals surface area contributed by atoms with Gasteiger partial charge in [0.2, 0.25) is 5.75 Å². The molecular formula is C45H53N5O10. The van der Waals surface area contributed by atoms with Crippen molar-refractivity contribution in [2.24, 2.45) is 11.6 Å². The largest absolute Gasteiger partial charge is 0.502 e. The molecule has 318 valence electrons. The van der Waals surface area contributed by atoms with Gasteiger partial charge >= 0.3 is 0 Å². The number of aromatic hydroxyl groups is 1. The summed E-state index contributed by atoms with van der Waals surface area (Å²) in [7, 11) is 3.48. The minimum absolute atomic E-state index is 0.0307. The van der Waals surface area contributed by atoms with Crippen LogP contribution in [0, 0.1) is 0 Å². The molecule has 0 atom stereocenters. The maximum atomic E-state index is 12.6. The Bertz CT molecular complexity index is 2280. The SMILES string of the molecule is COc1ccc2c(=O)cc(-c3ccc(C(=O)NCCOCCOCCOCCOCCOCCN(N)/C4=C(\N)c5ccccc5N(C)Cc5ccccc54)cc3)oc2c1O. The van der Waals surface area contributed by atoms with Crippen LogP contribution < -0.4 is 32.0 Å². The Balaban J connectivity index is 0.772. The molecule has 0 aliphatic carbocycles. The number of nitrogens with two attached hydrogens (primary N) is 2. The fourth-order valence-corrected chi connectivity index (χ4v) is 6.72. The van der Waals surface area contributed by atoms with Crippen LogP contribution in [-0.4, -0.2) is 109 Å². The number of phenolic OH excluding ortho intramolecular Hbond substituents is 1. The fraction of sp³-hybridized carbons (Fsp3) is 0.333. The summed E-state index contributed by atoms with van der Waals surface area (Å²) in [5.41, 5.74) is 13.1. The summed E-state index contributed by atoms with van der Waals surface area (Å²) in [6.45, 7) is 5.55. The number of nitrogens with one attached hydrogen (secondary N) is 1. The molecule has 0 spiro atoms. The van der Waals surface area contributed by atoms with Gasteiger partial charge in [-0.1, -0.05) is 54.6 Å². The van der Waals surface area contributed by atoms with E-state index in [1.54, 1.807) is 29.3 Å². The Labute approximate surface area is 348 Å². The number of hydrogen-bond acceptors (Lipinski definition) is 14. The first kappa shape index (κ1) is 43.6. The average Bonchev–Trinajstić information content (AvgIpc) is 3.26. The summed E-state index contributed by atoms with van der Waals surface area (Å²) in [6.07, 6.45) is 0. The van der Waals surface area contributed by atoms with Gasteiger partial charge in [0, 0.05) is 54.1 Å². The molecule has 2 heterocycles. The third kappa shape index (κ3) is 11.2. The number of carbonyl (C=O) groups is 1. The molecule has 1 aliphatic rings. The zero-order valence-corrected chi connectivity index (χ0v) is 34.0. The van der Waals surface area contributed by atoms with E-state index in [2.05, 4.69) is 35.5 Å². The van der Waals surface area contributed by atoms with Crippen LogP contribution in [0.2, 0.25) is 0 Å². The highest BCUT2D eigenvalue weighted by atomic mass is 16.6. The molecule has 6 N–H and O–H groups in total. The van der Waals surface area contributed by atoms with Gasteiger partial charge in [-0.25, -0.2) is 5.84 Å². The molecule has 0 saturated heterocycles. The number of rotatable bonds is 22. The van der Waals surface area contributed by atoms with E-state index in [-0.39, 0.29) is 39.6 Å². The van der Waals surface area contributed by atoms with Crippen molar-refractivity contribution >= 4 is 34.0 Å². The summed E-state index contributed by atoms with van der Waals surface area (Å²) < 4.78 is 39.1. The molecule has 0 radical (unpaired) electrons. The summed E-state index contributed by atoms with van der Waals surface area (Å²) in [5.74, 6) is 6.53. The van der Waals surface area contributed by atoms with E-state index in [0.29, 0.717) is 96.0 Å². The van der Waals surface area contributed by atoms with Crippen molar-refractivity contribution in [2.45, 2.75) is 6.54 Å². The lowest BCUT2D eigenvalue weighted by atomic mass is 9.96. The zero-order valence-electron chi connectivity index (χ0n) is 34.0. The number of nitrogens with zero attached hydrogens (tertiary/aromatic N) is 2. The Hall–Kier alpha value is -5.94. The normalized spacial score (nSPS) is 13.7. The van der Waals surface area contributed by atoms with Crippen molar-refractivity contribution in [3.8, 4) is 22.8 Å². The predicted octanol–water partition coefficient (Wildman–Crippen LogP) is 4.60. The second-order valence-corrected chi connectivity index (χ2v) is 13.8. The third-order valence-corrected chi connectivity index (χ3v) is 9.81. The van der Waals surface area contributed by atoms with E-state index >= 15 is 0 Å². The number of anilines is 1. The highest BCUT2D eigenvalue weighted by molar-refractivity contribution is 5.95. The summed E-state index contributed by atoms with van der Waals surface area (Å²) in [5, 5.41) is 15.2. The van der Waals surface area contributed by atoms with Crippen molar-refractivity contribution in [1.82, 2.24) is 10.3 Å². The molecule has 0 unspecified atom stereocenters. The lowest BCUT2D eigenvalue weighted by Crippen LogP contribution is -2.36. The van der Waals surface area contributed by atoms with Crippen LogP contribution in [-0.2, 0) is 30.2 Å². The van der Waals surface area contributed by atoms with E-state index < -0.39 is 0 Å². The molecule has 4 aromatic carbocycles. The number of methoxy groups -OCH3 is 1. The molecule has 1 aliphatic heterocycles. The number of para-hydroxylation sites is 1. The summed E-state index contributed by atoms with van der Waals surface area (Å²) >= 11 is 0. The molecule has 15 heteroatoms. The van der Waals surface area contributed by atoms with Gasteiger partial charge in [0.15, 0.2) is 16.8 Å². The maximum absolute atomic E-state index is 12.6. The number of hydrazine groups is 1. The van der Waals surface area contributed by atoms with Gasteiger partial charge in [-0.15, -0.1) is 0 Å². The van der Waals surface area contributed by atoms with Gasteiger partial charge in [0.1, 0.15) is 5.76 Å². The standard InChI is InChI=1S/C45H53N5O10/c1-49-30-33-7-3-4-8-34(33)42(41(46)35-9-5-6-10-37(35)49)50(47)18-20-56-22-24-58-26-28-59-27-25-57-23-21-55-19-17-48-45(53)32-13-11-31(12-14-32)40-29-38(51)36-15-16-39(54-2)43(52)44(36)60-40/h3-16,29,52H,17-28,30,46-47H2,1-2H3,(H,48,53)/b42-41-. The molecule has 1 aromatic heterocycles. The number of ether oxygens (including phenoxy) is 6. The molecule has 6 rings (SSSR count). The second kappa shape index (κ2) is 21.9. The van der Waals surface area contributed by atoms with Crippen molar-refractivity contribution in [1.29, 1.82) is 0 Å². The van der Waals surface area contributed by atoms with Gasteiger partial charge in [-0.3, -0.25) is 9.59 Å². The van der Waals surface area contributed by atoms with Crippen LogP contribution >= 0.6 is 0 Å². The zero-order chi connectivity index (χ0) is 42.3. The van der Waals surface area contributed by atoms with Crippen LogP contribution in [0.5, 0.6) is 11.5 Å². The van der Waals surface area contributed by atoms with E-state index in [1.807, 2.05) is 30.3 Å².